The van der Waals surface area contributed by atoms with E-state index in [0.29, 0.717) is 13.1 Å². The zero-order valence-corrected chi connectivity index (χ0v) is 14.0. The summed E-state index contributed by atoms with van der Waals surface area (Å²) in [6.45, 7) is 1.19. The summed E-state index contributed by atoms with van der Waals surface area (Å²) >= 11 is 0. The fourth-order valence-corrected chi connectivity index (χ4v) is 2.10. The van der Waals surface area contributed by atoms with Crippen molar-refractivity contribution in [1.82, 2.24) is 14.8 Å². The average molecular weight is 352 g/mol. The topological polar surface area (TPSA) is 48.5 Å². The summed E-state index contributed by atoms with van der Waals surface area (Å²) in [6.07, 6.45) is 3.23. The third kappa shape index (κ3) is 5.18. The molecule has 0 spiro atoms. The molecule has 8 heteroatoms. The van der Waals surface area contributed by atoms with E-state index >= 15 is 0 Å². The first-order chi connectivity index (χ1) is 11.9. The molecule has 134 valence electrons. The van der Waals surface area contributed by atoms with Gasteiger partial charge in [-0.25, -0.2) is 18.0 Å². The second kappa shape index (κ2) is 8.48. The van der Waals surface area contributed by atoms with Gasteiger partial charge in [0.05, 0.1) is 5.69 Å². The lowest BCUT2D eigenvalue weighted by Crippen LogP contribution is -2.39. The monoisotopic (exact) mass is 352 g/mol. The lowest BCUT2D eigenvalue weighted by molar-refractivity contribution is 0.202. The highest BCUT2D eigenvalue weighted by atomic mass is 19.2. The molecule has 2 aromatic rings. The summed E-state index contributed by atoms with van der Waals surface area (Å²) in [7, 11) is 3.71. The van der Waals surface area contributed by atoms with Crippen molar-refractivity contribution in [1.29, 1.82) is 0 Å². The molecule has 0 unspecified atom stereocenters. The van der Waals surface area contributed by atoms with Gasteiger partial charge in [0.1, 0.15) is 0 Å². The minimum absolute atomic E-state index is 0.249. The van der Waals surface area contributed by atoms with Gasteiger partial charge in [-0.3, -0.25) is 4.98 Å². The maximum atomic E-state index is 13.8. The fraction of sp³-hybridized carbons (Fsp3) is 0.294. The van der Waals surface area contributed by atoms with Crippen molar-refractivity contribution in [2.24, 2.45) is 0 Å². The molecule has 0 saturated heterocycles. The summed E-state index contributed by atoms with van der Waals surface area (Å²) in [6, 6.07) is 4.68. The summed E-state index contributed by atoms with van der Waals surface area (Å²) in [4.78, 5) is 19.8. The number of anilines is 1. The number of nitrogens with zero attached hydrogens (tertiary/aromatic N) is 3. The zero-order chi connectivity index (χ0) is 18.4. The first kappa shape index (κ1) is 18.7. The minimum Gasteiger partial charge on any atom is -0.319 e. The van der Waals surface area contributed by atoms with Gasteiger partial charge < -0.3 is 15.1 Å². The molecule has 0 fully saturated rings. The zero-order valence-electron chi connectivity index (χ0n) is 14.0. The molecule has 0 aliphatic heterocycles. The standard InChI is InChI=1S/C17H19F3N4O/c1-23(2)8-9-24(11-12-4-3-7-21-10-12)17(25)22-14-6-5-13(18)15(19)16(14)20/h3-7,10H,8-9,11H2,1-2H3,(H,22,25). The van der Waals surface area contributed by atoms with Crippen LogP contribution in [-0.4, -0.2) is 48.0 Å². The molecular formula is C17H19F3N4O. The second-order valence-corrected chi connectivity index (χ2v) is 5.74. The summed E-state index contributed by atoms with van der Waals surface area (Å²) in [5.74, 6) is -4.36. The quantitative estimate of drug-likeness (QED) is 0.813. The number of benzene rings is 1. The van der Waals surface area contributed by atoms with Crippen LogP contribution in [0.2, 0.25) is 0 Å². The van der Waals surface area contributed by atoms with Gasteiger partial charge in [-0.2, -0.15) is 0 Å². The highest BCUT2D eigenvalue weighted by Gasteiger charge is 2.19. The smallest absolute Gasteiger partial charge is 0.319 e. The van der Waals surface area contributed by atoms with Gasteiger partial charge in [-0.05, 0) is 37.9 Å². The Bertz CT molecular complexity index is 725. The van der Waals surface area contributed by atoms with Crippen LogP contribution in [0.3, 0.4) is 0 Å². The molecule has 1 N–H and O–H groups in total. The minimum atomic E-state index is -1.62. The van der Waals surface area contributed by atoms with Crippen LogP contribution in [0, 0.1) is 17.5 Å². The highest BCUT2D eigenvalue weighted by molar-refractivity contribution is 5.89. The first-order valence-electron chi connectivity index (χ1n) is 7.61. The molecule has 2 rings (SSSR count). The van der Waals surface area contributed by atoms with Crippen LogP contribution >= 0.6 is 0 Å². The number of likely N-dealkylation sites (N-methyl/N-ethyl adjacent to an activating group) is 1. The van der Waals surface area contributed by atoms with Gasteiger partial charge in [0.15, 0.2) is 17.5 Å². The molecule has 2 amide bonds. The van der Waals surface area contributed by atoms with E-state index in [2.05, 4.69) is 10.3 Å². The Morgan fingerprint density at radius 2 is 1.88 bits per heavy atom. The number of hydrogen-bond donors (Lipinski definition) is 1. The van der Waals surface area contributed by atoms with E-state index in [1.165, 1.54) is 4.90 Å². The Morgan fingerprint density at radius 1 is 1.12 bits per heavy atom. The summed E-state index contributed by atoms with van der Waals surface area (Å²) in [5.41, 5.74) is 0.382. The highest BCUT2D eigenvalue weighted by Crippen LogP contribution is 2.20. The molecule has 0 radical (unpaired) electrons. The number of rotatable bonds is 6. The fourth-order valence-electron chi connectivity index (χ4n) is 2.10. The molecule has 5 nitrogen and oxygen atoms in total. The van der Waals surface area contributed by atoms with Gasteiger partial charge >= 0.3 is 6.03 Å². The van der Waals surface area contributed by atoms with E-state index in [1.54, 1.807) is 24.5 Å². The molecule has 0 saturated carbocycles. The summed E-state index contributed by atoms with van der Waals surface area (Å²) < 4.78 is 40.1. The Labute approximate surface area is 144 Å². The molecule has 1 aromatic carbocycles. The van der Waals surface area contributed by atoms with Gasteiger partial charge in [-0.15, -0.1) is 0 Å². The summed E-state index contributed by atoms with van der Waals surface area (Å²) in [5, 5.41) is 2.29. The molecular weight excluding hydrogens is 333 g/mol. The molecule has 0 bridgehead atoms. The number of aromatic nitrogens is 1. The van der Waals surface area contributed by atoms with Gasteiger partial charge in [0.2, 0.25) is 0 Å². The van der Waals surface area contributed by atoms with Crippen LogP contribution < -0.4 is 5.32 Å². The number of amides is 2. The van der Waals surface area contributed by atoms with E-state index in [-0.39, 0.29) is 6.54 Å². The predicted molar refractivity (Wildman–Crippen MR) is 88.5 cm³/mol. The lowest BCUT2D eigenvalue weighted by Gasteiger charge is -2.25. The van der Waals surface area contributed by atoms with Gasteiger partial charge in [0, 0.05) is 32.0 Å². The van der Waals surface area contributed by atoms with Crippen molar-refractivity contribution >= 4 is 11.7 Å². The van der Waals surface area contributed by atoms with Gasteiger partial charge in [-0.1, -0.05) is 6.07 Å². The van der Waals surface area contributed by atoms with E-state index in [1.807, 2.05) is 19.0 Å². The lowest BCUT2D eigenvalue weighted by atomic mass is 10.2. The van der Waals surface area contributed by atoms with E-state index in [9.17, 15) is 18.0 Å². The van der Waals surface area contributed by atoms with E-state index in [4.69, 9.17) is 0 Å². The van der Waals surface area contributed by atoms with Crippen molar-refractivity contribution in [3.8, 4) is 0 Å². The average Bonchev–Trinajstić information content (AvgIpc) is 2.59. The van der Waals surface area contributed by atoms with Crippen LogP contribution in [-0.2, 0) is 6.54 Å². The number of nitrogens with one attached hydrogen (secondary N) is 1. The van der Waals surface area contributed by atoms with Crippen molar-refractivity contribution in [3.63, 3.8) is 0 Å². The van der Waals surface area contributed by atoms with Crippen molar-refractivity contribution in [2.75, 3.05) is 32.5 Å². The molecule has 0 aliphatic carbocycles. The van der Waals surface area contributed by atoms with E-state index < -0.39 is 29.2 Å². The molecule has 0 atom stereocenters. The number of carbonyl (C=O) groups is 1. The number of hydrogen-bond acceptors (Lipinski definition) is 3. The SMILES string of the molecule is CN(C)CCN(Cc1cccnc1)C(=O)Nc1ccc(F)c(F)c1F. The van der Waals surface area contributed by atoms with Crippen LogP contribution in [0.1, 0.15) is 5.56 Å². The van der Waals surface area contributed by atoms with Crippen LogP contribution in [0.4, 0.5) is 23.7 Å². The van der Waals surface area contributed by atoms with Gasteiger partial charge in [0.25, 0.3) is 0 Å². The third-order valence-corrected chi connectivity index (χ3v) is 3.48. The van der Waals surface area contributed by atoms with Crippen molar-refractivity contribution in [2.45, 2.75) is 6.54 Å². The Kier molecular flexibility index (Phi) is 6.35. The maximum absolute atomic E-state index is 13.8. The number of pyridine rings is 1. The normalized spacial score (nSPS) is 10.8. The molecule has 1 aromatic heterocycles. The predicted octanol–water partition coefficient (Wildman–Crippen LogP) is 3.09. The number of halogens is 3. The Morgan fingerprint density at radius 3 is 2.52 bits per heavy atom. The molecule has 25 heavy (non-hydrogen) atoms. The largest absolute Gasteiger partial charge is 0.322 e. The molecule has 0 aliphatic rings. The number of urea groups is 1. The number of carbonyl (C=O) groups excluding carboxylic acids is 1. The van der Waals surface area contributed by atoms with E-state index in [0.717, 1.165) is 17.7 Å². The van der Waals surface area contributed by atoms with Crippen molar-refractivity contribution in [3.05, 3.63) is 59.7 Å². The van der Waals surface area contributed by atoms with Crippen LogP contribution in [0.5, 0.6) is 0 Å². The van der Waals surface area contributed by atoms with Crippen LogP contribution in [0.15, 0.2) is 36.7 Å². The van der Waals surface area contributed by atoms with Crippen LogP contribution in [0.25, 0.3) is 0 Å². The Hall–Kier alpha value is -2.61. The van der Waals surface area contributed by atoms with Crippen molar-refractivity contribution < 1.29 is 18.0 Å². The molecule has 1 heterocycles. The maximum Gasteiger partial charge on any atom is 0.322 e. The second-order valence-electron chi connectivity index (χ2n) is 5.74. The third-order valence-electron chi connectivity index (χ3n) is 3.48. The Balaban J connectivity index is 2.15. The first-order valence-corrected chi connectivity index (χ1v) is 7.61.